The minimum atomic E-state index is 0.150. The van der Waals surface area contributed by atoms with Crippen molar-refractivity contribution in [2.45, 2.75) is 6.04 Å². The monoisotopic (exact) mass is 170 g/mol. The van der Waals surface area contributed by atoms with Crippen LogP contribution in [0.15, 0.2) is 6.33 Å². The number of hydrogen-bond donors (Lipinski definition) is 1. The van der Waals surface area contributed by atoms with Crippen LogP contribution in [0.3, 0.4) is 0 Å². The molecule has 1 atom stereocenters. The highest BCUT2D eigenvalue weighted by molar-refractivity contribution is 4.90. The van der Waals surface area contributed by atoms with Gasteiger partial charge in [-0.25, -0.2) is 4.98 Å². The van der Waals surface area contributed by atoms with E-state index < -0.39 is 0 Å². The second kappa shape index (κ2) is 4.18. The zero-order valence-electron chi connectivity index (χ0n) is 7.61. The van der Waals surface area contributed by atoms with Gasteiger partial charge in [-0.2, -0.15) is 5.10 Å². The van der Waals surface area contributed by atoms with Crippen LogP contribution in [0.5, 0.6) is 0 Å². The second-order valence-electron chi connectivity index (χ2n) is 2.81. The molecular weight excluding hydrogens is 156 g/mol. The molecule has 1 unspecified atom stereocenters. The molecule has 0 aliphatic carbocycles. The summed E-state index contributed by atoms with van der Waals surface area (Å²) in [6.45, 7) is 0.613. The molecule has 5 nitrogen and oxygen atoms in total. The van der Waals surface area contributed by atoms with E-state index in [9.17, 15) is 0 Å². The Morgan fingerprint density at radius 2 is 2.42 bits per heavy atom. The van der Waals surface area contributed by atoms with E-state index in [0.29, 0.717) is 6.61 Å². The Morgan fingerprint density at radius 1 is 1.67 bits per heavy atom. The van der Waals surface area contributed by atoms with Gasteiger partial charge in [0.05, 0.1) is 12.6 Å². The summed E-state index contributed by atoms with van der Waals surface area (Å²) in [5.74, 6) is 0.835. The number of ether oxygens (including phenoxy) is 1. The fourth-order valence-electron chi connectivity index (χ4n) is 1.01. The topological polar surface area (TPSA) is 54.0 Å². The lowest BCUT2D eigenvalue weighted by Gasteiger charge is -2.20. The average molecular weight is 170 g/mol. The molecule has 0 aliphatic heterocycles. The number of aromatic amines is 1. The number of H-pyrrole nitrogens is 1. The van der Waals surface area contributed by atoms with Crippen LogP contribution in [-0.2, 0) is 4.74 Å². The quantitative estimate of drug-likeness (QED) is 0.694. The van der Waals surface area contributed by atoms with Crippen LogP contribution in [0.4, 0.5) is 0 Å². The summed E-state index contributed by atoms with van der Waals surface area (Å²) in [5, 5.41) is 6.61. The lowest BCUT2D eigenvalue weighted by molar-refractivity contribution is 0.116. The molecule has 1 aromatic rings. The third kappa shape index (κ3) is 2.02. The first-order chi connectivity index (χ1) is 5.75. The van der Waals surface area contributed by atoms with Gasteiger partial charge in [0.2, 0.25) is 0 Å². The predicted molar refractivity (Wildman–Crippen MR) is 44.7 cm³/mol. The van der Waals surface area contributed by atoms with Crippen LogP contribution >= 0.6 is 0 Å². The Bertz CT molecular complexity index is 209. The van der Waals surface area contributed by atoms with Gasteiger partial charge in [-0.1, -0.05) is 0 Å². The summed E-state index contributed by atoms with van der Waals surface area (Å²) in [6.07, 6.45) is 1.50. The van der Waals surface area contributed by atoms with E-state index in [1.807, 2.05) is 19.0 Å². The first-order valence-electron chi connectivity index (χ1n) is 3.76. The molecule has 68 valence electrons. The van der Waals surface area contributed by atoms with Crippen LogP contribution in [-0.4, -0.2) is 47.9 Å². The maximum absolute atomic E-state index is 5.06. The molecule has 0 spiro atoms. The molecule has 0 saturated heterocycles. The van der Waals surface area contributed by atoms with Crippen molar-refractivity contribution in [1.29, 1.82) is 0 Å². The summed E-state index contributed by atoms with van der Waals surface area (Å²) < 4.78 is 5.06. The second-order valence-corrected chi connectivity index (χ2v) is 2.81. The predicted octanol–water partition coefficient (Wildman–Crippen LogP) is 0.0538. The van der Waals surface area contributed by atoms with Crippen molar-refractivity contribution >= 4 is 0 Å². The van der Waals surface area contributed by atoms with Crippen LogP contribution in [0, 0.1) is 0 Å². The fraction of sp³-hybridized carbons (Fsp3) is 0.714. The number of likely N-dealkylation sites (N-methyl/N-ethyl adjacent to an activating group) is 1. The zero-order valence-corrected chi connectivity index (χ0v) is 7.61. The maximum atomic E-state index is 5.06. The number of methoxy groups -OCH3 is 1. The molecular formula is C7H14N4O. The summed E-state index contributed by atoms with van der Waals surface area (Å²) in [4.78, 5) is 6.10. The first kappa shape index (κ1) is 9.15. The van der Waals surface area contributed by atoms with Gasteiger partial charge < -0.3 is 4.74 Å². The third-order valence-corrected chi connectivity index (χ3v) is 1.70. The Hall–Kier alpha value is -0.940. The minimum absolute atomic E-state index is 0.150. The number of hydrogen-bond acceptors (Lipinski definition) is 4. The standard InChI is InChI=1S/C7H14N4O/c1-11(2)6(4-12-3)7-8-5-9-10-7/h5-6H,4H2,1-3H3,(H,8,9,10). The molecule has 0 radical (unpaired) electrons. The van der Waals surface area contributed by atoms with Crippen LogP contribution in [0.1, 0.15) is 11.9 Å². The molecule has 1 aromatic heterocycles. The molecule has 1 heterocycles. The van der Waals surface area contributed by atoms with Gasteiger partial charge in [-0.3, -0.25) is 10.00 Å². The van der Waals surface area contributed by atoms with Crippen molar-refractivity contribution in [3.05, 3.63) is 12.2 Å². The van der Waals surface area contributed by atoms with E-state index >= 15 is 0 Å². The SMILES string of the molecule is COCC(c1ncn[nH]1)N(C)C. The lowest BCUT2D eigenvalue weighted by Crippen LogP contribution is -2.25. The van der Waals surface area contributed by atoms with Crippen LogP contribution < -0.4 is 0 Å². The highest BCUT2D eigenvalue weighted by atomic mass is 16.5. The van der Waals surface area contributed by atoms with Crippen LogP contribution in [0.25, 0.3) is 0 Å². The Labute approximate surface area is 71.7 Å². The van der Waals surface area contributed by atoms with Gasteiger partial charge in [0.25, 0.3) is 0 Å². The van der Waals surface area contributed by atoms with E-state index in [1.54, 1.807) is 7.11 Å². The molecule has 0 saturated carbocycles. The Kier molecular flexibility index (Phi) is 3.19. The van der Waals surface area contributed by atoms with Crippen molar-refractivity contribution in [3.63, 3.8) is 0 Å². The summed E-state index contributed by atoms with van der Waals surface area (Å²) in [5.41, 5.74) is 0. The minimum Gasteiger partial charge on any atom is -0.383 e. The molecule has 0 bridgehead atoms. The van der Waals surface area contributed by atoms with Crippen molar-refractivity contribution in [2.75, 3.05) is 27.8 Å². The highest BCUT2D eigenvalue weighted by Crippen LogP contribution is 2.12. The molecule has 0 amide bonds. The van der Waals surface area contributed by atoms with Gasteiger partial charge in [0.15, 0.2) is 0 Å². The molecule has 5 heteroatoms. The number of nitrogens with one attached hydrogen (secondary N) is 1. The lowest BCUT2D eigenvalue weighted by atomic mass is 10.3. The summed E-state index contributed by atoms with van der Waals surface area (Å²) >= 11 is 0. The maximum Gasteiger partial charge on any atom is 0.143 e. The van der Waals surface area contributed by atoms with Crippen molar-refractivity contribution in [1.82, 2.24) is 20.1 Å². The van der Waals surface area contributed by atoms with Gasteiger partial charge in [-0.15, -0.1) is 0 Å². The zero-order chi connectivity index (χ0) is 8.97. The Morgan fingerprint density at radius 3 is 2.83 bits per heavy atom. The van der Waals surface area contributed by atoms with Crippen molar-refractivity contribution in [2.24, 2.45) is 0 Å². The molecule has 12 heavy (non-hydrogen) atoms. The smallest absolute Gasteiger partial charge is 0.143 e. The van der Waals surface area contributed by atoms with Gasteiger partial charge >= 0.3 is 0 Å². The van der Waals surface area contributed by atoms with E-state index in [4.69, 9.17) is 4.74 Å². The summed E-state index contributed by atoms with van der Waals surface area (Å²) in [6, 6.07) is 0.150. The Balaban J connectivity index is 2.66. The van der Waals surface area contributed by atoms with Crippen LogP contribution in [0.2, 0.25) is 0 Å². The van der Waals surface area contributed by atoms with Crippen molar-refractivity contribution in [3.8, 4) is 0 Å². The third-order valence-electron chi connectivity index (χ3n) is 1.70. The normalized spacial score (nSPS) is 13.7. The first-order valence-corrected chi connectivity index (χ1v) is 3.76. The molecule has 1 N–H and O–H groups in total. The molecule has 0 aromatic carbocycles. The number of aromatic nitrogens is 3. The largest absolute Gasteiger partial charge is 0.383 e. The highest BCUT2D eigenvalue weighted by Gasteiger charge is 2.15. The molecule has 0 aliphatic rings. The molecule has 1 rings (SSSR count). The summed E-state index contributed by atoms with van der Waals surface area (Å²) in [7, 11) is 5.63. The van der Waals surface area contributed by atoms with Gasteiger partial charge in [0, 0.05) is 7.11 Å². The van der Waals surface area contributed by atoms with Gasteiger partial charge in [0.1, 0.15) is 12.2 Å². The fourth-order valence-corrected chi connectivity index (χ4v) is 1.01. The van der Waals surface area contributed by atoms with Crippen molar-refractivity contribution < 1.29 is 4.74 Å². The van der Waals surface area contributed by atoms with E-state index in [-0.39, 0.29) is 6.04 Å². The average Bonchev–Trinajstić information content (AvgIpc) is 2.51. The van der Waals surface area contributed by atoms with E-state index in [1.165, 1.54) is 6.33 Å². The number of nitrogens with zero attached hydrogens (tertiary/aromatic N) is 3. The number of rotatable bonds is 4. The molecule has 0 fully saturated rings. The van der Waals surface area contributed by atoms with E-state index in [0.717, 1.165) is 5.82 Å². The van der Waals surface area contributed by atoms with E-state index in [2.05, 4.69) is 15.2 Å². The van der Waals surface area contributed by atoms with Gasteiger partial charge in [-0.05, 0) is 14.1 Å².